The SMILES string of the molecule is CC(C)(C)S(=O)(=O)c1ccc(NCCC(=O)N2CCCCC2)cn1. The standard InChI is InChI=1S/C17H27N3O3S/c1-17(2,3)24(22,23)15-8-7-14(13-19-15)18-10-9-16(21)20-11-5-4-6-12-20/h7-8,13,18H,4-6,9-12H2,1-3H3. The lowest BCUT2D eigenvalue weighted by molar-refractivity contribution is -0.131. The van der Waals surface area contributed by atoms with Crippen LogP contribution in [0.5, 0.6) is 0 Å². The topological polar surface area (TPSA) is 79.4 Å². The molecule has 24 heavy (non-hydrogen) atoms. The number of likely N-dealkylation sites (tertiary alicyclic amines) is 1. The van der Waals surface area contributed by atoms with Gasteiger partial charge in [-0.2, -0.15) is 0 Å². The van der Waals surface area contributed by atoms with Crippen LogP contribution in [0.25, 0.3) is 0 Å². The number of pyridine rings is 1. The molecule has 0 unspecified atom stereocenters. The Morgan fingerprint density at radius 3 is 2.42 bits per heavy atom. The van der Waals surface area contributed by atoms with Gasteiger partial charge in [-0.1, -0.05) is 0 Å². The third-order valence-corrected chi connectivity index (χ3v) is 6.60. The van der Waals surface area contributed by atoms with Crippen molar-refractivity contribution in [3.63, 3.8) is 0 Å². The largest absolute Gasteiger partial charge is 0.383 e. The lowest BCUT2D eigenvalue weighted by Gasteiger charge is -2.26. The van der Waals surface area contributed by atoms with Crippen molar-refractivity contribution in [2.24, 2.45) is 0 Å². The molecule has 1 amide bonds. The predicted octanol–water partition coefficient (Wildman–Crippen LogP) is 2.47. The minimum Gasteiger partial charge on any atom is -0.383 e. The van der Waals surface area contributed by atoms with E-state index >= 15 is 0 Å². The first-order chi connectivity index (χ1) is 11.2. The van der Waals surface area contributed by atoms with Crippen molar-refractivity contribution >= 4 is 21.4 Å². The summed E-state index contributed by atoms with van der Waals surface area (Å²) in [5, 5.41) is 3.20. The zero-order valence-electron chi connectivity index (χ0n) is 14.7. The van der Waals surface area contributed by atoms with Gasteiger partial charge in [-0.25, -0.2) is 13.4 Å². The molecule has 1 fully saturated rings. The summed E-state index contributed by atoms with van der Waals surface area (Å²) in [5.41, 5.74) is 0.717. The highest BCUT2D eigenvalue weighted by atomic mass is 32.2. The number of hydrogen-bond acceptors (Lipinski definition) is 5. The average molecular weight is 353 g/mol. The number of amides is 1. The lowest BCUT2D eigenvalue weighted by atomic mass is 10.1. The minimum atomic E-state index is -3.44. The molecule has 0 aromatic carbocycles. The third-order valence-electron chi connectivity index (χ3n) is 4.19. The van der Waals surface area contributed by atoms with Gasteiger partial charge in [0.1, 0.15) is 0 Å². The number of carbonyl (C=O) groups is 1. The van der Waals surface area contributed by atoms with Crippen LogP contribution in [-0.4, -0.2) is 48.6 Å². The van der Waals surface area contributed by atoms with Crippen LogP contribution in [0.15, 0.2) is 23.4 Å². The van der Waals surface area contributed by atoms with Crippen molar-refractivity contribution in [2.45, 2.75) is 56.2 Å². The van der Waals surface area contributed by atoms with E-state index in [-0.39, 0.29) is 10.9 Å². The van der Waals surface area contributed by atoms with E-state index in [1.165, 1.54) is 18.7 Å². The van der Waals surface area contributed by atoms with Crippen molar-refractivity contribution in [3.8, 4) is 0 Å². The number of sulfone groups is 1. The van der Waals surface area contributed by atoms with Crippen LogP contribution in [0.4, 0.5) is 5.69 Å². The average Bonchev–Trinajstić information content (AvgIpc) is 2.55. The van der Waals surface area contributed by atoms with Crippen LogP contribution in [0.3, 0.4) is 0 Å². The van der Waals surface area contributed by atoms with Gasteiger partial charge >= 0.3 is 0 Å². The van der Waals surface area contributed by atoms with E-state index in [2.05, 4.69) is 10.3 Å². The minimum absolute atomic E-state index is 0.0740. The van der Waals surface area contributed by atoms with Crippen LogP contribution in [0.2, 0.25) is 0 Å². The summed E-state index contributed by atoms with van der Waals surface area (Å²) >= 11 is 0. The summed E-state index contributed by atoms with van der Waals surface area (Å²) in [6.45, 7) is 7.20. The van der Waals surface area contributed by atoms with Crippen molar-refractivity contribution in [1.82, 2.24) is 9.88 Å². The molecule has 0 atom stereocenters. The Balaban J connectivity index is 1.87. The number of rotatable bonds is 5. The van der Waals surface area contributed by atoms with Crippen LogP contribution in [0, 0.1) is 0 Å². The fourth-order valence-electron chi connectivity index (χ4n) is 2.57. The van der Waals surface area contributed by atoms with Gasteiger partial charge in [0.15, 0.2) is 14.9 Å². The van der Waals surface area contributed by atoms with Crippen LogP contribution in [0.1, 0.15) is 46.5 Å². The molecule has 2 rings (SSSR count). The molecule has 134 valence electrons. The van der Waals surface area contributed by atoms with Gasteiger partial charge in [0.25, 0.3) is 0 Å². The zero-order valence-corrected chi connectivity index (χ0v) is 15.5. The Morgan fingerprint density at radius 1 is 1.21 bits per heavy atom. The van der Waals surface area contributed by atoms with Crippen molar-refractivity contribution in [2.75, 3.05) is 25.0 Å². The van der Waals surface area contributed by atoms with E-state index in [1.54, 1.807) is 26.8 Å². The lowest BCUT2D eigenvalue weighted by Crippen LogP contribution is -2.36. The maximum Gasteiger partial charge on any atom is 0.224 e. The van der Waals surface area contributed by atoms with E-state index in [4.69, 9.17) is 0 Å². The van der Waals surface area contributed by atoms with Gasteiger partial charge in [-0.3, -0.25) is 4.79 Å². The summed E-state index contributed by atoms with van der Waals surface area (Å²) in [5.74, 6) is 0.169. The van der Waals surface area contributed by atoms with Crippen molar-refractivity contribution < 1.29 is 13.2 Å². The van der Waals surface area contributed by atoms with Gasteiger partial charge in [-0.15, -0.1) is 0 Å². The molecule has 2 heterocycles. The van der Waals surface area contributed by atoms with E-state index in [9.17, 15) is 13.2 Å². The highest BCUT2D eigenvalue weighted by Crippen LogP contribution is 2.23. The number of nitrogens with one attached hydrogen (secondary N) is 1. The smallest absolute Gasteiger partial charge is 0.224 e. The summed E-state index contributed by atoms with van der Waals surface area (Å²) < 4.78 is 23.7. The number of nitrogens with zero attached hydrogens (tertiary/aromatic N) is 2. The molecule has 0 saturated carbocycles. The first-order valence-electron chi connectivity index (χ1n) is 8.44. The number of hydrogen-bond donors (Lipinski definition) is 1. The van der Waals surface area contributed by atoms with Crippen molar-refractivity contribution in [1.29, 1.82) is 0 Å². The van der Waals surface area contributed by atoms with E-state index < -0.39 is 14.6 Å². The maximum absolute atomic E-state index is 12.3. The first kappa shape index (κ1) is 18.7. The maximum atomic E-state index is 12.3. The third kappa shape index (κ3) is 4.47. The van der Waals surface area contributed by atoms with Crippen molar-refractivity contribution in [3.05, 3.63) is 18.3 Å². The summed E-state index contributed by atoms with van der Waals surface area (Å²) in [4.78, 5) is 18.1. The predicted molar refractivity (Wildman–Crippen MR) is 94.7 cm³/mol. The van der Waals surface area contributed by atoms with Gasteiger partial charge in [0.2, 0.25) is 5.91 Å². The molecule has 6 nitrogen and oxygen atoms in total. The Bertz CT molecular complexity index is 657. The molecule has 1 N–H and O–H groups in total. The summed E-state index contributed by atoms with van der Waals surface area (Å²) in [7, 11) is -3.44. The number of carbonyl (C=O) groups excluding carboxylic acids is 1. The molecule has 1 aromatic heterocycles. The first-order valence-corrected chi connectivity index (χ1v) is 9.92. The molecular formula is C17H27N3O3S. The monoisotopic (exact) mass is 353 g/mol. The second kappa shape index (κ2) is 7.51. The Morgan fingerprint density at radius 2 is 1.88 bits per heavy atom. The molecule has 7 heteroatoms. The van der Waals surface area contributed by atoms with E-state index in [1.807, 2.05) is 4.90 Å². The molecule has 1 aliphatic heterocycles. The van der Waals surface area contributed by atoms with Gasteiger partial charge in [0.05, 0.1) is 16.6 Å². The Kier molecular flexibility index (Phi) is 5.85. The van der Waals surface area contributed by atoms with Gasteiger partial charge in [0, 0.05) is 26.1 Å². The van der Waals surface area contributed by atoms with Gasteiger partial charge in [-0.05, 0) is 52.2 Å². The number of anilines is 1. The highest BCUT2D eigenvalue weighted by molar-refractivity contribution is 7.92. The van der Waals surface area contributed by atoms with E-state index in [0.29, 0.717) is 18.7 Å². The Hall–Kier alpha value is -1.63. The normalized spacial score (nSPS) is 16.0. The molecule has 0 aliphatic carbocycles. The Labute approximate surface area is 144 Å². The second-order valence-corrected chi connectivity index (χ2v) is 9.77. The number of aromatic nitrogens is 1. The molecule has 0 radical (unpaired) electrons. The van der Waals surface area contributed by atoms with Crippen LogP contribution in [-0.2, 0) is 14.6 Å². The number of piperidine rings is 1. The highest BCUT2D eigenvalue weighted by Gasteiger charge is 2.31. The molecule has 1 aliphatic rings. The van der Waals surface area contributed by atoms with Crippen LogP contribution >= 0.6 is 0 Å². The van der Waals surface area contributed by atoms with E-state index in [0.717, 1.165) is 25.9 Å². The summed E-state index contributed by atoms with van der Waals surface area (Å²) in [6.07, 6.45) is 5.32. The fraction of sp³-hybridized carbons (Fsp3) is 0.647. The van der Waals surface area contributed by atoms with Gasteiger partial charge < -0.3 is 10.2 Å². The summed E-state index contributed by atoms with van der Waals surface area (Å²) in [6, 6.07) is 3.20. The molecule has 0 bridgehead atoms. The molecule has 0 spiro atoms. The van der Waals surface area contributed by atoms with Crippen LogP contribution < -0.4 is 5.32 Å². The second-order valence-electron chi connectivity index (χ2n) is 7.12. The molecular weight excluding hydrogens is 326 g/mol. The molecule has 1 saturated heterocycles. The quantitative estimate of drug-likeness (QED) is 0.880. The molecule has 1 aromatic rings. The fourth-order valence-corrected chi connectivity index (χ4v) is 3.64. The zero-order chi connectivity index (χ0) is 17.8.